The number of hydrogen-bond donors (Lipinski definition) is 0. The molecule has 18 heavy (non-hydrogen) atoms. The molecule has 102 valence electrons. The number of carbonyl (C=O) groups excluding carboxylic acids is 2. The summed E-state index contributed by atoms with van der Waals surface area (Å²) in [5, 5.41) is 0.690. The molecule has 2 fully saturated rings. The van der Waals surface area contributed by atoms with Gasteiger partial charge in [0.15, 0.2) is 0 Å². The summed E-state index contributed by atoms with van der Waals surface area (Å²) in [7, 11) is 0. The molecule has 1 heterocycles. The van der Waals surface area contributed by atoms with E-state index in [1.807, 2.05) is 13.8 Å². The summed E-state index contributed by atoms with van der Waals surface area (Å²) in [4.78, 5) is 23.0. The average Bonchev–Trinajstić information content (AvgIpc) is 2.84. The van der Waals surface area contributed by atoms with Crippen LogP contribution >= 0.6 is 11.8 Å². The normalized spacial score (nSPS) is 31.1. The Morgan fingerprint density at radius 3 is 2.83 bits per heavy atom. The predicted octanol–water partition coefficient (Wildman–Crippen LogP) is 3.48. The largest absolute Gasteiger partial charge is 0.300 e. The number of carbonyl (C=O) groups is 2. The van der Waals surface area contributed by atoms with Crippen molar-refractivity contribution in [2.24, 2.45) is 17.8 Å². The third-order valence-corrected chi connectivity index (χ3v) is 6.00. The van der Waals surface area contributed by atoms with Crippen molar-refractivity contribution in [2.45, 2.75) is 57.6 Å². The van der Waals surface area contributed by atoms with E-state index < -0.39 is 0 Å². The molecule has 0 amide bonds. The number of thioether (sulfide) groups is 1. The highest BCUT2D eigenvalue weighted by molar-refractivity contribution is 8.00. The van der Waals surface area contributed by atoms with Gasteiger partial charge in [-0.3, -0.25) is 9.59 Å². The summed E-state index contributed by atoms with van der Waals surface area (Å²) in [6, 6.07) is 0. The van der Waals surface area contributed by atoms with Crippen LogP contribution in [0.25, 0.3) is 0 Å². The van der Waals surface area contributed by atoms with Crippen molar-refractivity contribution in [1.29, 1.82) is 0 Å². The van der Waals surface area contributed by atoms with Gasteiger partial charge in [0.05, 0.1) is 0 Å². The fourth-order valence-corrected chi connectivity index (χ4v) is 4.93. The lowest BCUT2D eigenvalue weighted by molar-refractivity contribution is -0.122. The molecule has 0 radical (unpaired) electrons. The molecule has 2 aliphatic rings. The molecule has 0 aromatic rings. The number of fused-ring (bicyclic) bond motifs is 1. The molecule has 0 aromatic heterocycles. The Labute approximate surface area is 114 Å². The summed E-state index contributed by atoms with van der Waals surface area (Å²) >= 11 is 2.06. The van der Waals surface area contributed by atoms with Gasteiger partial charge in [0.1, 0.15) is 11.6 Å². The minimum atomic E-state index is 0.183. The number of hydrogen-bond acceptors (Lipinski definition) is 3. The van der Waals surface area contributed by atoms with E-state index in [9.17, 15) is 9.59 Å². The molecular weight excluding hydrogens is 244 g/mol. The van der Waals surface area contributed by atoms with Crippen molar-refractivity contribution in [3.63, 3.8) is 0 Å². The van der Waals surface area contributed by atoms with Crippen molar-refractivity contribution < 1.29 is 9.59 Å². The van der Waals surface area contributed by atoms with E-state index >= 15 is 0 Å². The lowest BCUT2D eigenvalue weighted by Gasteiger charge is -2.16. The zero-order valence-electron chi connectivity index (χ0n) is 11.5. The second-order valence-corrected chi connectivity index (χ2v) is 7.38. The van der Waals surface area contributed by atoms with Crippen LogP contribution in [0.5, 0.6) is 0 Å². The molecule has 0 N–H and O–H groups in total. The summed E-state index contributed by atoms with van der Waals surface area (Å²) in [6.07, 6.45) is 5.77. The van der Waals surface area contributed by atoms with Gasteiger partial charge in [-0.1, -0.05) is 20.3 Å². The molecule has 1 aliphatic heterocycles. The zero-order valence-corrected chi connectivity index (χ0v) is 12.3. The molecule has 1 saturated heterocycles. The molecule has 2 nitrogen and oxygen atoms in total. The van der Waals surface area contributed by atoms with Crippen LogP contribution < -0.4 is 0 Å². The van der Waals surface area contributed by atoms with E-state index in [0.717, 1.165) is 32.1 Å². The van der Waals surface area contributed by atoms with Crippen molar-refractivity contribution in [1.82, 2.24) is 0 Å². The van der Waals surface area contributed by atoms with E-state index in [0.29, 0.717) is 28.7 Å². The highest BCUT2D eigenvalue weighted by Crippen LogP contribution is 2.47. The van der Waals surface area contributed by atoms with E-state index in [1.165, 1.54) is 12.2 Å². The summed E-state index contributed by atoms with van der Waals surface area (Å²) in [5.41, 5.74) is 0. The molecule has 3 atom stereocenters. The maximum absolute atomic E-state index is 11.5. The van der Waals surface area contributed by atoms with Crippen LogP contribution in [0.3, 0.4) is 0 Å². The van der Waals surface area contributed by atoms with Gasteiger partial charge in [-0.25, -0.2) is 0 Å². The molecule has 0 unspecified atom stereocenters. The second kappa shape index (κ2) is 6.23. The molecular formula is C15H24O2S. The van der Waals surface area contributed by atoms with Gasteiger partial charge in [-0.2, -0.15) is 11.8 Å². The van der Waals surface area contributed by atoms with Gasteiger partial charge >= 0.3 is 0 Å². The maximum Gasteiger partial charge on any atom is 0.135 e. The fourth-order valence-electron chi connectivity index (χ4n) is 3.18. The van der Waals surface area contributed by atoms with E-state index in [-0.39, 0.29) is 5.92 Å². The summed E-state index contributed by atoms with van der Waals surface area (Å²) in [6.45, 7) is 3.95. The summed E-state index contributed by atoms with van der Waals surface area (Å²) < 4.78 is 0. The van der Waals surface area contributed by atoms with Crippen LogP contribution in [-0.2, 0) is 9.59 Å². The minimum absolute atomic E-state index is 0.183. The Kier molecular flexibility index (Phi) is 4.88. The van der Waals surface area contributed by atoms with Crippen LogP contribution in [0.15, 0.2) is 0 Å². The lowest BCUT2D eigenvalue weighted by Crippen LogP contribution is -2.14. The van der Waals surface area contributed by atoms with Gasteiger partial charge in [-0.15, -0.1) is 0 Å². The van der Waals surface area contributed by atoms with Crippen LogP contribution in [0.4, 0.5) is 0 Å². The highest BCUT2D eigenvalue weighted by atomic mass is 32.2. The van der Waals surface area contributed by atoms with Gasteiger partial charge in [0.2, 0.25) is 0 Å². The standard InChI is InChI=1S/C15H24O2S/c1-10(2)14(17)5-3-4-6-15-13-8-12(16)7-11(13)9-18-15/h10-11,13,15H,3-9H2,1-2H3/t11-,13-,15-/m1/s1. The Balaban J connectivity index is 1.66. The number of Topliss-reactive ketones (excluding diaryl/α,β-unsaturated/α-hetero) is 2. The molecule has 2 rings (SSSR count). The number of rotatable bonds is 6. The summed E-state index contributed by atoms with van der Waals surface area (Å²) in [5.74, 6) is 3.57. The average molecular weight is 268 g/mol. The topological polar surface area (TPSA) is 34.1 Å². The smallest absolute Gasteiger partial charge is 0.135 e. The Morgan fingerprint density at radius 1 is 1.33 bits per heavy atom. The van der Waals surface area contributed by atoms with Crippen molar-refractivity contribution in [3.8, 4) is 0 Å². The van der Waals surface area contributed by atoms with Gasteiger partial charge in [-0.05, 0) is 30.4 Å². The Bertz CT molecular complexity index is 324. The van der Waals surface area contributed by atoms with Gasteiger partial charge in [0, 0.05) is 30.4 Å². The van der Waals surface area contributed by atoms with E-state index in [4.69, 9.17) is 0 Å². The van der Waals surface area contributed by atoms with Crippen LogP contribution in [0.1, 0.15) is 52.4 Å². The maximum atomic E-state index is 11.5. The third-order valence-electron chi connectivity index (χ3n) is 4.37. The molecule has 3 heteroatoms. The molecule has 1 aliphatic carbocycles. The zero-order chi connectivity index (χ0) is 13.1. The molecule has 0 aromatic carbocycles. The first kappa shape index (κ1) is 14.1. The third kappa shape index (κ3) is 3.37. The van der Waals surface area contributed by atoms with Gasteiger partial charge < -0.3 is 0 Å². The Morgan fingerprint density at radius 2 is 2.11 bits per heavy atom. The second-order valence-electron chi connectivity index (χ2n) is 6.11. The highest BCUT2D eigenvalue weighted by Gasteiger charge is 2.42. The minimum Gasteiger partial charge on any atom is -0.300 e. The fraction of sp³-hybridized carbons (Fsp3) is 0.867. The first-order valence-corrected chi connectivity index (χ1v) is 8.29. The monoisotopic (exact) mass is 268 g/mol. The van der Waals surface area contributed by atoms with Crippen LogP contribution in [0.2, 0.25) is 0 Å². The number of ketones is 2. The molecule has 0 spiro atoms. The lowest BCUT2D eigenvalue weighted by atomic mass is 9.91. The van der Waals surface area contributed by atoms with E-state index in [2.05, 4.69) is 11.8 Å². The first-order valence-electron chi connectivity index (χ1n) is 7.24. The first-order chi connectivity index (χ1) is 8.58. The predicted molar refractivity (Wildman–Crippen MR) is 75.8 cm³/mol. The van der Waals surface area contributed by atoms with Crippen molar-refractivity contribution >= 4 is 23.3 Å². The van der Waals surface area contributed by atoms with E-state index in [1.54, 1.807) is 0 Å². The SMILES string of the molecule is CC(C)C(=O)CCCC[C@H]1SC[C@H]2CC(=O)C[C@H]21. The molecule has 1 saturated carbocycles. The van der Waals surface area contributed by atoms with Crippen molar-refractivity contribution in [2.75, 3.05) is 5.75 Å². The molecule has 0 bridgehead atoms. The van der Waals surface area contributed by atoms with Gasteiger partial charge in [0.25, 0.3) is 0 Å². The van der Waals surface area contributed by atoms with Crippen LogP contribution in [0, 0.1) is 17.8 Å². The van der Waals surface area contributed by atoms with Crippen LogP contribution in [-0.4, -0.2) is 22.6 Å². The quantitative estimate of drug-likeness (QED) is 0.692. The van der Waals surface area contributed by atoms with Crippen molar-refractivity contribution in [3.05, 3.63) is 0 Å². The Hall–Kier alpha value is -0.310. The number of unbranched alkanes of at least 4 members (excludes halogenated alkanes) is 1.